The number of esters is 1. The lowest BCUT2D eigenvalue weighted by molar-refractivity contribution is -0.155. The number of ether oxygens (including phenoxy) is 2. The molecular formula is C13H23NO3. The van der Waals surface area contributed by atoms with Crippen LogP contribution in [-0.4, -0.2) is 38.4 Å². The first kappa shape index (κ1) is 12.8. The van der Waals surface area contributed by atoms with Crippen LogP contribution in [0.15, 0.2) is 0 Å². The van der Waals surface area contributed by atoms with Crippen molar-refractivity contribution in [1.29, 1.82) is 0 Å². The van der Waals surface area contributed by atoms with E-state index < -0.39 is 5.54 Å². The molecule has 1 N–H and O–H groups in total. The summed E-state index contributed by atoms with van der Waals surface area (Å²) < 4.78 is 10.9. The minimum Gasteiger partial charge on any atom is -0.465 e. The zero-order chi connectivity index (χ0) is 12.3. The number of rotatable bonds is 8. The third kappa shape index (κ3) is 2.99. The third-order valence-electron chi connectivity index (χ3n) is 3.74. The highest BCUT2D eigenvalue weighted by atomic mass is 16.5. The van der Waals surface area contributed by atoms with Crippen LogP contribution in [0.1, 0.15) is 32.6 Å². The lowest BCUT2D eigenvalue weighted by Gasteiger charge is -2.31. The highest BCUT2D eigenvalue weighted by Crippen LogP contribution is 2.41. The minimum absolute atomic E-state index is 0.152. The van der Waals surface area contributed by atoms with Gasteiger partial charge in [-0.3, -0.25) is 0 Å². The molecule has 1 atom stereocenters. The van der Waals surface area contributed by atoms with Crippen LogP contribution >= 0.6 is 0 Å². The molecule has 2 fully saturated rings. The molecule has 2 aliphatic rings. The zero-order valence-electron chi connectivity index (χ0n) is 10.8. The SMILES string of the molecule is CCOC(=O)C(COCC1CC1)(NC)C1CC1. The Morgan fingerprint density at radius 2 is 2.06 bits per heavy atom. The quantitative estimate of drug-likeness (QED) is 0.652. The molecule has 17 heavy (non-hydrogen) atoms. The molecule has 0 saturated heterocycles. The standard InChI is InChI=1S/C13H23NO3/c1-3-17-12(15)13(14-2,11-6-7-11)9-16-8-10-4-5-10/h10-11,14H,3-9H2,1-2H3. The molecule has 2 rings (SSSR count). The number of likely N-dealkylation sites (N-methyl/N-ethyl adjacent to an activating group) is 1. The van der Waals surface area contributed by atoms with Crippen LogP contribution in [0.25, 0.3) is 0 Å². The number of hydrogen-bond donors (Lipinski definition) is 1. The van der Waals surface area contributed by atoms with Crippen molar-refractivity contribution in [2.24, 2.45) is 11.8 Å². The van der Waals surface area contributed by atoms with Crippen LogP contribution in [0.3, 0.4) is 0 Å². The van der Waals surface area contributed by atoms with Crippen molar-refractivity contribution in [2.45, 2.75) is 38.1 Å². The van der Waals surface area contributed by atoms with Crippen molar-refractivity contribution in [3.63, 3.8) is 0 Å². The van der Waals surface area contributed by atoms with Gasteiger partial charge in [0, 0.05) is 6.61 Å². The topological polar surface area (TPSA) is 47.6 Å². The Morgan fingerprint density at radius 1 is 1.35 bits per heavy atom. The largest absolute Gasteiger partial charge is 0.465 e. The Morgan fingerprint density at radius 3 is 2.53 bits per heavy atom. The molecule has 0 heterocycles. The Kier molecular flexibility index (Phi) is 4.05. The molecule has 0 amide bonds. The Bertz CT molecular complexity index is 274. The zero-order valence-corrected chi connectivity index (χ0v) is 10.8. The van der Waals surface area contributed by atoms with E-state index in [4.69, 9.17) is 9.47 Å². The first-order chi connectivity index (χ1) is 8.23. The summed E-state index contributed by atoms with van der Waals surface area (Å²) in [6.45, 7) is 3.51. The maximum atomic E-state index is 12.1. The van der Waals surface area contributed by atoms with E-state index >= 15 is 0 Å². The molecule has 0 aromatic carbocycles. The van der Waals surface area contributed by atoms with Gasteiger partial charge in [-0.25, -0.2) is 4.79 Å². The number of carbonyl (C=O) groups is 1. The predicted molar refractivity (Wildman–Crippen MR) is 64.7 cm³/mol. The highest BCUT2D eigenvalue weighted by Gasteiger charge is 2.51. The van der Waals surface area contributed by atoms with Crippen molar-refractivity contribution in [3.8, 4) is 0 Å². The van der Waals surface area contributed by atoms with Gasteiger partial charge in [0.05, 0.1) is 13.2 Å². The third-order valence-corrected chi connectivity index (χ3v) is 3.74. The van der Waals surface area contributed by atoms with Gasteiger partial charge < -0.3 is 14.8 Å². The van der Waals surface area contributed by atoms with Crippen molar-refractivity contribution < 1.29 is 14.3 Å². The summed E-state index contributed by atoms with van der Waals surface area (Å²) in [5.41, 5.74) is -0.606. The highest BCUT2D eigenvalue weighted by molar-refractivity contribution is 5.82. The molecule has 0 aromatic heterocycles. The molecular weight excluding hydrogens is 218 g/mol. The molecule has 98 valence electrons. The molecule has 0 aromatic rings. The van der Waals surface area contributed by atoms with Crippen LogP contribution in [0, 0.1) is 11.8 Å². The summed E-state index contributed by atoms with van der Waals surface area (Å²) in [5, 5.41) is 3.16. The van der Waals surface area contributed by atoms with Crippen LogP contribution in [0.2, 0.25) is 0 Å². The van der Waals surface area contributed by atoms with Crippen molar-refractivity contribution in [2.75, 3.05) is 26.9 Å². The fraction of sp³-hybridized carbons (Fsp3) is 0.923. The van der Waals surface area contributed by atoms with E-state index in [1.807, 2.05) is 14.0 Å². The lowest BCUT2D eigenvalue weighted by atomic mass is 9.94. The van der Waals surface area contributed by atoms with Gasteiger partial charge in [-0.1, -0.05) is 0 Å². The van der Waals surface area contributed by atoms with Crippen molar-refractivity contribution in [3.05, 3.63) is 0 Å². The smallest absolute Gasteiger partial charge is 0.329 e. The second kappa shape index (κ2) is 5.36. The summed E-state index contributed by atoms with van der Waals surface area (Å²) in [6, 6.07) is 0. The average Bonchev–Trinajstić information content (AvgIpc) is 3.16. The van der Waals surface area contributed by atoms with E-state index in [9.17, 15) is 4.79 Å². The van der Waals surface area contributed by atoms with Gasteiger partial charge >= 0.3 is 5.97 Å². The molecule has 2 saturated carbocycles. The van der Waals surface area contributed by atoms with Gasteiger partial charge in [-0.15, -0.1) is 0 Å². The van der Waals surface area contributed by atoms with Gasteiger partial charge in [0.1, 0.15) is 5.54 Å². The Hall–Kier alpha value is -0.610. The first-order valence-electron chi connectivity index (χ1n) is 6.66. The predicted octanol–water partition coefficient (Wildman–Crippen LogP) is 1.34. The molecule has 4 nitrogen and oxygen atoms in total. The fourth-order valence-electron chi connectivity index (χ4n) is 2.23. The molecule has 0 radical (unpaired) electrons. The second-order valence-electron chi connectivity index (χ2n) is 5.17. The number of nitrogens with one attached hydrogen (secondary N) is 1. The Balaban J connectivity index is 1.91. The minimum atomic E-state index is -0.606. The Labute approximate surface area is 103 Å². The summed E-state index contributed by atoms with van der Waals surface area (Å²) in [6.07, 6.45) is 4.73. The normalized spacial score (nSPS) is 23.2. The maximum absolute atomic E-state index is 12.1. The van der Waals surface area contributed by atoms with Gasteiger partial charge in [0.15, 0.2) is 0 Å². The summed E-state index contributed by atoms with van der Waals surface area (Å²) >= 11 is 0. The van der Waals surface area contributed by atoms with Gasteiger partial charge in [0.2, 0.25) is 0 Å². The van der Waals surface area contributed by atoms with Crippen LogP contribution in [-0.2, 0) is 14.3 Å². The monoisotopic (exact) mass is 241 g/mol. The van der Waals surface area contributed by atoms with Crippen molar-refractivity contribution >= 4 is 5.97 Å². The van der Waals surface area contributed by atoms with E-state index in [1.54, 1.807) is 0 Å². The molecule has 4 heteroatoms. The van der Waals surface area contributed by atoms with Gasteiger partial charge in [0.25, 0.3) is 0 Å². The fourth-order valence-corrected chi connectivity index (χ4v) is 2.23. The number of carbonyl (C=O) groups excluding carboxylic acids is 1. The average molecular weight is 241 g/mol. The van der Waals surface area contributed by atoms with Crippen molar-refractivity contribution in [1.82, 2.24) is 5.32 Å². The van der Waals surface area contributed by atoms with Crippen LogP contribution in [0.4, 0.5) is 0 Å². The van der Waals surface area contributed by atoms with E-state index in [0.717, 1.165) is 25.4 Å². The second-order valence-corrected chi connectivity index (χ2v) is 5.17. The molecule has 0 spiro atoms. The molecule has 0 bridgehead atoms. The number of hydrogen-bond acceptors (Lipinski definition) is 4. The van der Waals surface area contributed by atoms with Gasteiger partial charge in [-0.05, 0) is 51.5 Å². The molecule has 2 aliphatic carbocycles. The van der Waals surface area contributed by atoms with Crippen LogP contribution < -0.4 is 5.32 Å². The summed E-state index contributed by atoms with van der Waals surface area (Å²) in [7, 11) is 1.83. The summed E-state index contributed by atoms with van der Waals surface area (Å²) in [5.74, 6) is 0.956. The maximum Gasteiger partial charge on any atom is 0.329 e. The van der Waals surface area contributed by atoms with Crippen LogP contribution in [0.5, 0.6) is 0 Å². The van der Waals surface area contributed by atoms with Gasteiger partial charge in [-0.2, -0.15) is 0 Å². The molecule has 0 aliphatic heterocycles. The van der Waals surface area contributed by atoms with E-state index in [2.05, 4.69) is 5.32 Å². The lowest BCUT2D eigenvalue weighted by Crippen LogP contribution is -2.57. The van der Waals surface area contributed by atoms with E-state index in [-0.39, 0.29) is 5.97 Å². The molecule has 1 unspecified atom stereocenters. The summed E-state index contributed by atoms with van der Waals surface area (Å²) in [4.78, 5) is 12.1. The first-order valence-corrected chi connectivity index (χ1v) is 6.66. The van der Waals surface area contributed by atoms with E-state index in [1.165, 1.54) is 12.8 Å². The van der Waals surface area contributed by atoms with E-state index in [0.29, 0.717) is 19.1 Å².